The van der Waals surface area contributed by atoms with Crippen LogP contribution in [0.25, 0.3) is 10.9 Å². The second kappa shape index (κ2) is 9.63. The first-order valence-electron chi connectivity index (χ1n) is 9.87. The molecule has 1 saturated heterocycles. The Kier molecular flexibility index (Phi) is 6.48. The summed E-state index contributed by atoms with van der Waals surface area (Å²) in [7, 11) is 0. The molecule has 156 valence electrons. The van der Waals surface area contributed by atoms with Crippen LogP contribution in [0.15, 0.2) is 65.3 Å². The summed E-state index contributed by atoms with van der Waals surface area (Å²) in [5, 5.41) is 3.83. The van der Waals surface area contributed by atoms with Gasteiger partial charge in [-0.15, -0.1) is 0 Å². The minimum absolute atomic E-state index is 0.0531. The van der Waals surface area contributed by atoms with Crippen molar-refractivity contribution in [1.29, 1.82) is 0 Å². The molecule has 0 bridgehead atoms. The average molecular weight is 478 g/mol. The Bertz CT molecular complexity index is 1190. The highest BCUT2D eigenvalue weighted by Gasteiger charge is 2.34. The second-order valence-corrected chi connectivity index (χ2v) is 8.02. The molecular formula is C24H20BrN3O3. The summed E-state index contributed by atoms with van der Waals surface area (Å²) in [6, 6.07) is 17.1. The Morgan fingerprint density at radius 3 is 2.97 bits per heavy atom. The number of pyridine rings is 1. The molecule has 1 atom stereocenters. The Morgan fingerprint density at radius 1 is 1.19 bits per heavy atom. The van der Waals surface area contributed by atoms with Crippen LogP contribution in [0.4, 0.5) is 5.69 Å². The number of rotatable bonds is 5. The van der Waals surface area contributed by atoms with Crippen molar-refractivity contribution in [2.45, 2.75) is 6.42 Å². The average Bonchev–Trinajstić information content (AvgIpc) is 3.17. The number of aromatic nitrogens is 1. The maximum absolute atomic E-state index is 12.4. The number of nitrogens with zero attached hydrogens (tertiary/aromatic N) is 2. The van der Waals surface area contributed by atoms with Gasteiger partial charge in [-0.1, -0.05) is 39.9 Å². The van der Waals surface area contributed by atoms with E-state index in [4.69, 9.17) is 4.74 Å². The third-order valence-electron chi connectivity index (χ3n) is 4.98. The van der Waals surface area contributed by atoms with Crippen molar-refractivity contribution in [3.63, 3.8) is 0 Å². The zero-order valence-electron chi connectivity index (χ0n) is 16.7. The quantitative estimate of drug-likeness (QED) is 0.570. The summed E-state index contributed by atoms with van der Waals surface area (Å²) >= 11 is 3.41. The SMILES string of the molecule is O=C(NCC#CCOc1ccc2cccnc2c1)C1CC(=O)N(c2cccc(Br)c2)C1. The third-order valence-corrected chi connectivity index (χ3v) is 5.47. The van der Waals surface area contributed by atoms with E-state index in [1.54, 1.807) is 11.1 Å². The lowest BCUT2D eigenvalue weighted by Crippen LogP contribution is -2.33. The number of anilines is 1. The van der Waals surface area contributed by atoms with E-state index in [1.807, 2.05) is 54.6 Å². The fourth-order valence-electron chi connectivity index (χ4n) is 3.42. The van der Waals surface area contributed by atoms with Gasteiger partial charge in [0.05, 0.1) is 18.0 Å². The minimum atomic E-state index is -0.380. The highest BCUT2D eigenvalue weighted by Crippen LogP contribution is 2.27. The standard InChI is InChI=1S/C24H20BrN3O3/c25-19-6-3-7-20(14-19)28-16-18(13-23(28)29)24(30)27-10-1-2-12-31-21-9-8-17-5-4-11-26-22(17)15-21/h3-9,11,14-15,18H,10,12-13,16H2,(H,27,30). The molecule has 1 aliphatic heterocycles. The molecule has 31 heavy (non-hydrogen) atoms. The van der Waals surface area contributed by atoms with Crippen LogP contribution in [0.1, 0.15) is 6.42 Å². The van der Waals surface area contributed by atoms with Crippen molar-refractivity contribution in [2.75, 3.05) is 24.6 Å². The van der Waals surface area contributed by atoms with Crippen LogP contribution < -0.4 is 15.0 Å². The Labute approximate surface area is 188 Å². The molecule has 2 amide bonds. The maximum atomic E-state index is 12.4. The van der Waals surface area contributed by atoms with Gasteiger partial charge in [0, 0.05) is 40.8 Å². The van der Waals surface area contributed by atoms with E-state index in [-0.39, 0.29) is 37.3 Å². The van der Waals surface area contributed by atoms with Gasteiger partial charge in [0.1, 0.15) is 12.4 Å². The summed E-state index contributed by atoms with van der Waals surface area (Å²) < 4.78 is 6.52. The van der Waals surface area contributed by atoms with Gasteiger partial charge < -0.3 is 15.0 Å². The number of carbonyl (C=O) groups excluding carboxylic acids is 2. The van der Waals surface area contributed by atoms with Crippen molar-refractivity contribution in [3.8, 4) is 17.6 Å². The Morgan fingerprint density at radius 2 is 2.10 bits per heavy atom. The summed E-state index contributed by atoms with van der Waals surface area (Å²) in [5.41, 5.74) is 1.65. The van der Waals surface area contributed by atoms with E-state index >= 15 is 0 Å². The van der Waals surface area contributed by atoms with Crippen LogP contribution in [-0.4, -0.2) is 36.5 Å². The molecule has 1 aliphatic rings. The van der Waals surface area contributed by atoms with Gasteiger partial charge in [-0.3, -0.25) is 14.6 Å². The predicted molar refractivity (Wildman–Crippen MR) is 123 cm³/mol. The number of carbonyl (C=O) groups is 2. The van der Waals surface area contributed by atoms with Crippen LogP contribution in [0, 0.1) is 17.8 Å². The molecular weight excluding hydrogens is 458 g/mol. The maximum Gasteiger partial charge on any atom is 0.227 e. The molecule has 3 aromatic rings. The van der Waals surface area contributed by atoms with Crippen molar-refractivity contribution in [2.24, 2.45) is 5.92 Å². The van der Waals surface area contributed by atoms with Crippen LogP contribution in [-0.2, 0) is 9.59 Å². The number of benzene rings is 2. The zero-order valence-corrected chi connectivity index (χ0v) is 18.3. The number of hydrogen-bond donors (Lipinski definition) is 1. The van der Waals surface area contributed by atoms with E-state index in [9.17, 15) is 9.59 Å². The number of fused-ring (bicyclic) bond motifs is 1. The molecule has 7 heteroatoms. The van der Waals surface area contributed by atoms with Crippen molar-refractivity contribution in [1.82, 2.24) is 10.3 Å². The van der Waals surface area contributed by atoms with Gasteiger partial charge in [-0.2, -0.15) is 0 Å². The largest absolute Gasteiger partial charge is 0.481 e. The Balaban J connectivity index is 1.23. The van der Waals surface area contributed by atoms with Gasteiger partial charge >= 0.3 is 0 Å². The van der Waals surface area contributed by atoms with Gasteiger partial charge in [-0.05, 0) is 36.4 Å². The van der Waals surface area contributed by atoms with Crippen LogP contribution >= 0.6 is 15.9 Å². The molecule has 0 aliphatic carbocycles. The van der Waals surface area contributed by atoms with Crippen molar-refractivity contribution < 1.29 is 14.3 Å². The van der Waals surface area contributed by atoms with Gasteiger partial charge in [0.25, 0.3) is 0 Å². The summed E-state index contributed by atoms with van der Waals surface area (Å²) in [6.07, 6.45) is 1.94. The first kappa shape index (κ1) is 20.9. The fourth-order valence-corrected chi connectivity index (χ4v) is 3.81. The van der Waals surface area contributed by atoms with Crippen LogP contribution in [0.3, 0.4) is 0 Å². The van der Waals surface area contributed by atoms with Crippen molar-refractivity contribution >= 4 is 44.3 Å². The highest BCUT2D eigenvalue weighted by molar-refractivity contribution is 9.10. The normalized spacial score (nSPS) is 15.5. The summed E-state index contributed by atoms with van der Waals surface area (Å²) in [6.45, 7) is 0.795. The molecule has 1 N–H and O–H groups in total. The highest BCUT2D eigenvalue weighted by atomic mass is 79.9. The monoisotopic (exact) mass is 477 g/mol. The summed E-state index contributed by atoms with van der Waals surface area (Å²) in [4.78, 5) is 30.7. The van der Waals surface area contributed by atoms with Gasteiger partial charge in [0.15, 0.2) is 0 Å². The Hall–Kier alpha value is -3.37. The van der Waals surface area contributed by atoms with Gasteiger partial charge in [-0.25, -0.2) is 0 Å². The number of ether oxygens (including phenoxy) is 1. The smallest absolute Gasteiger partial charge is 0.227 e. The van der Waals surface area contributed by atoms with Crippen molar-refractivity contribution in [3.05, 3.63) is 65.3 Å². The molecule has 0 radical (unpaired) electrons. The van der Waals surface area contributed by atoms with E-state index < -0.39 is 0 Å². The molecule has 6 nitrogen and oxygen atoms in total. The van der Waals surface area contributed by atoms with Crippen LogP contribution in [0.2, 0.25) is 0 Å². The van der Waals surface area contributed by atoms with Gasteiger partial charge in [0.2, 0.25) is 11.8 Å². The topological polar surface area (TPSA) is 71.5 Å². The molecule has 0 saturated carbocycles. The van der Waals surface area contributed by atoms with E-state index in [1.165, 1.54) is 0 Å². The molecule has 1 unspecified atom stereocenters. The zero-order chi connectivity index (χ0) is 21.6. The first-order valence-corrected chi connectivity index (χ1v) is 10.7. The molecule has 2 aromatic carbocycles. The lowest BCUT2D eigenvalue weighted by Gasteiger charge is -2.16. The number of amides is 2. The number of nitrogens with one attached hydrogen (secondary N) is 1. The fraction of sp³-hybridized carbons (Fsp3) is 0.208. The summed E-state index contributed by atoms with van der Waals surface area (Å²) in [5.74, 6) is 5.87. The lowest BCUT2D eigenvalue weighted by molar-refractivity contribution is -0.126. The predicted octanol–water partition coefficient (Wildman–Crippen LogP) is 3.55. The molecule has 0 spiro atoms. The lowest BCUT2D eigenvalue weighted by atomic mass is 10.1. The van der Waals surface area contributed by atoms with Crippen LogP contribution in [0.5, 0.6) is 5.75 Å². The van der Waals surface area contributed by atoms with E-state index in [0.717, 1.165) is 21.1 Å². The second-order valence-electron chi connectivity index (χ2n) is 7.10. The van der Waals surface area contributed by atoms with E-state index in [2.05, 4.69) is 38.1 Å². The van der Waals surface area contributed by atoms with E-state index in [0.29, 0.717) is 12.3 Å². The molecule has 2 heterocycles. The molecule has 1 fully saturated rings. The third kappa shape index (κ3) is 5.22. The number of hydrogen-bond acceptors (Lipinski definition) is 4. The number of halogens is 1. The molecule has 1 aromatic heterocycles. The molecule has 4 rings (SSSR count). The minimum Gasteiger partial charge on any atom is -0.481 e. The first-order chi connectivity index (χ1) is 15.1.